The molecule has 3 saturated heterocycles. The van der Waals surface area contributed by atoms with Crippen molar-refractivity contribution in [3.8, 4) is 0 Å². The fourth-order valence-electron chi connectivity index (χ4n) is 4.56. The summed E-state index contributed by atoms with van der Waals surface area (Å²) in [5.74, 6) is 0.711. The Kier molecular flexibility index (Phi) is 6.67. The first kappa shape index (κ1) is 22.2. The lowest BCUT2D eigenvalue weighted by Gasteiger charge is -2.41. The van der Waals surface area contributed by atoms with Crippen molar-refractivity contribution in [2.75, 3.05) is 26.2 Å². The molecule has 0 aromatic heterocycles. The van der Waals surface area contributed by atoms with Crippen LogP contribution in [0.4, 0.5) is 0 Å². The molecule has 2 N–H and O–H groups in total. The highest BCUT2D eigenvalue weighted by Crippen LogP contribution is 2.51. The highest BCUT2D eigenvalue weighted by molar-refractivity contribution is 8.01. The lowest BCUT2D eigenvalue weighted by atomic mass is 9.93. The Morgan fingerprint density at radius 2 is 2.14 bits per heavy atom. The van der Waals surface area contributed by atoms with Gasteiger partial charge in [-0.05, 0) is 39.0 Å². The number of aliphatic imine (C=N–C) groups is 2. The molecule has 0 aromatic carbocycles. The van der Waals surface area contributed by atoms with E-state index in [1.165, 1.54) is 4.90 Å². The first-order chi connectivity index (χ1) is 13.4. The highest BCUT2D eigenvalue weighted by Gasteiger charge is 2.63. The number of thioether (sulfide) groups is 1. The number of aliphatic carboxylic acids is 1. The number of nitrogens with zero attached hydrogens (tertiary/aromatic N) is 4. The van der Waals surface area contributed by atoms with Crippen LogP contribution in [0.1, 0.15) is 39.5 Å². The van der Waals surface area contributed by atoms with Crippen molar-refractivity contribution in [1.82, 2.24) is 15.1 Å². The van der Waals surface area contributed by atoms with Gasteiger partial charge in [0.15, 0.2) is 6.04 Å². The van der Waals surface area contributed by atoms with Gasteiger partial charge in [-0.15, -0.1) is 24.2 Å². The van der Waals surface area contributed by atoms with E-state index < -0.39 is 22.8 Å². The zero-order valence-corrected chi connectivity index (χ0v) is 18.5. The molecule has 4 aliphatic heterocycles. The molecule has 10 heteroatoms. The molecule has 3 atom stereocenters. The summed E-state index contributed by atoms with van der Waals surface area (Å²) in [6.07, 6.45) is 6.17. The second kappa shape index (κ2) is 8.71. The van der Waals surface area contributed by atoms with E-state index in [0.29, 0.717) is 5.92 Å². The number of carboxylic acids is 1. The van der Waals surface area contributed by atoms with E-state index in [2.05, 4.69) is 20.2 Å². The van der Waals surface area contributed by atoms with Gasteiger partial charge in [-0.2, -0.15) is 0 Å². The molecule has 1 amide bonds. The van der Waals surface area contributed by atoms with Gasteiger partial charge in [0.25, 0.3) is 5.91 Å². The number of carbonyl (C=O) groups excluding carboxylic acids is 1. The molecule has 3 fully saturated rings. The molecule has 4 heterocycles. The standard InChI is InChI=1S/C19H29N5O3S.ClH/c1-19(2)15(18(26)27)24-16(25)14(17(24)28-19)22-11-23-8-4-12(5-9-23)10-13-20-6-3-7-21-13;/h11-12,14-15,17H,3-10H2,1-2H3,(H,20,21)(H,26,27);1H/t14?,15-,17?;/m0./s1. The monoisotopic (exact) mass is 443 g/mol. The Balaban J connectivity index is 0.00000240. The topological polar surface area (TPSA) is 97.6 Å². The number of rotatable bonds is 5. The molecular weight excluding hydrogens is 414 g/mol. The number of carbonyl (C=O) groups is 2. The van der Waals surface area contributed by atoms with Crippen molar-refractivity contribution in [3.63, 3.8) is 0 Å². The van der Waals surface area contributed by atoms with Gasteiger partial charge in [-0.3, -0.25) is 14.8 Å². The number of piperidine rings is 1. The average molecular weight is 444 g/mol. The van der Waals surface area contributed by atoms with E-state index in [0.717, 1.165) is 57.7 Å². The molecule has 29 heavy (non-hydrogen) atoms. The molecule has 4 aliphatic rings. The second-order valence-electron chi connectivity index (χ2n) is 8.60. The van der Waals surface area contributed by atoms with Crippen LogP contribution >= 0.6 is 24.2 Å². The Labute approximate surface area is 182 Å². The Morgan fingerprint density at radius 1 is 1.41 bits per heavy atom. The minimum absolute atomic E-state index is 0. The highest BCUT2D eigenvalue weighted by atomic mass is 35.5. The number of fused-ring (bicyclic) bond motifs is 1. The van der Waals surface area contributed by atoms with E-state index in [4.69, 9.17) is 0 Å². The first-order valence-corrected chi connectivity index (χ1v) is 11.0. The number of hydrogen-bond acceptors (Lipinski definition) is 6. The van der Waals surface area contributed by atoms with Crippen LogP contribution in [0.5, 0.6) is 0 Å². The van der Waals surface area contributed by atoms with Crippen LogP contribution in [0.15, 0.2) is 9.98 Å². The van der Waals surface area contributed by atoms with Crippen molar-refractivity contribution >= 4 is 48.2 Å². The average Bonchev–Trinajstić information content (AvgIpc) is 2.92. The van der Waals surface area contributed by atoms with Gasteiger partial charge in [0, 0.05) is 37.3 Å². The van der Waals surface area contributed by atoms with Crippen LogP contribution in [0, 0.1) is 5.92 Å². The van der Waals surface area contributed by atoms with Crippen LogP contribution in [-0.4, -0.2) is 87.3 Å². The van der Waals surface area contributed by atoms with Crippen LogP contribution in [0.3, 0.4) is 0 Å². The summed E-state index contributed by atoms with van der Waals surface area (Å²) in [5, 5.41) is 12.7. The zero-order chi connectivity index (χ0) is 19.9. The van der Waals surface area contributed by atoms with Gasteiger partial charge in [-0.1, -0.05) is 0 Å². The summed E-state index contributed by atoms with van der Waals surface area (Å²) >= 11 is 1.54. The number of likely N-dealkylation sites (tertiary alicyclic amines) is 1. The van der Waals surface area contributed by atoms with Gasteiger partial charge < -0.3 is 20.2 Å². The number of nitrogens with one attached hydrogen (secondary N) is 1. The summed E-state index contributed by atoms with van der Waals surface area (Å²) < 4.78 is -0.495. The van der Waals surface area contributed by atoms with E-state index in [1.807, 2.05) is 20.2 Å². The maximum atomic E-state index is 12.5. The third-order valence-electron chi connectivity index (χ3n) is 6.14. The van der Waals surface area contributed by atoms with E-state index in [-0.39, 0.29) is 23.7 Å². The van der Waals surface area contributed by atoms with Gasteiger partial charge in [-0.25, -0.2) is 4.79 Å². The van der Waals surface area contributed by atoms with Crippen molar-refractivity contribution in [2.24, 2.45) is 15.9 Å². The van der Waals surface area contributed by atoms with Crippen LogP contribution in [0.2, 0.25) is 0 Å². The van der Waals surface area contributed by atoms with Gasteiger partial charge in [0.1, 0.15) is 11.4 Å². The van der Waals surface area contributed by atoms with Crippen LogP contribution in [0.25, 0.3) is 0 Å². The lowest BCUT2D eigenvalue weighted by Crippen LogP contribution is -2.65. The predicted molar refractivity (Wildman–Crippen MR) is 117 cm³/mol. The fraction of sp³-hybridized carbons (Fsp3) is 0.789. The summed E-state index contributed by atoms with van der Waals surface area (Å²) in [7, 11) is 0. The molecule has 2 unspecified atom stereocenters. The van der Waals surface area contributed by atoms with Crippen molar-refractivity contribution in [2.45, 2.75) is 61.7 Å². The third-order valence-corrected chi connectivity index (χ3v) is 7.69. The van der Waals surface area contributed by atoms with Crippen LogP contribution in [-0.2, 0) is 9.59 Å². The minimum atomic E-state index is -0.935. The summed E-state index contributed by atoms with van der Waals surface area (Å²) in [6.45, 7) is 7.63. The maximum absolute atomic E-state index is 12.5. The number of β-lactam (4-membered cyclic amide) rings is 1. The lowest BCUT2D eigenvalue weighted by molar-refractivity contribution is -0.158. The summed E-state index contributed by atoms with van der Waals surface area (Å²) in [6, 6.07) is -1.22. The number of hydrogen-bond donors (Lipinski definition) is 2. The van der Waals surface area contributed by atoms with Crippen LogP contribution < -0.4 is 5.32 Å². The number of halogens is 1. The minimum Gasteiger partial charge on any atom is -0.480 e. The van der Waals surface area contributed by atoms with Crippen molar-refractivity contribution < 1.29 is 14.7 Å². The number of amides is 1. The Morgan fingerprint density at radius 3 is 2.76 bits per heavy atom. The third kappa shape index (κ3) is 4.35. The SMILES string of the molecule is CC1(C)SC2C(N=CN3CCC(CC4=NCCCN4)CC3)C(=O)N2[C@H]1C(=O)O.Cl. The molecule has 0 aromatic rings. The summed E-state index contributed by atoms with van der Waals surface area (Å²) in [5.41, 5.74) is 0. The molecule has 0 bridgehead atoms. The molecule has 0 radical (unpaired) electrons. The first-order valence-electron chi connectivity index (χ1n) is 10.1. The normalized spacial score (nSPS) is 31.6. The van der Waals surface area contributed by atoms with Crippen molar-refractivity contribution in [3.05, 3.63) is 0 Å². The number of amidine groups is 1. The molecule has 0 aliphatic carbocycles. The smallest absolute Gasteiger partial charge is 0.327 e. The Bertz CT molecular complexity index is 708. The predicted octanol–water partition coefficient (Wildman–Crippen LogP) is 1.45. The zero-order valence-electron chi connectivity index (χ0n) is 16.9. The van der Waals surface area contributed by atoms with E-state index in [9.17, 15) is 14.7 Å². The largest absolute Gasteiger partial charge is 0.480 e. The fourth-order valence-corrected chi connectivity index (χ4v) is 6.18. The van der Waals surface area contributed by atoms with Gasteiger partial charge in [0.05, 0.1) is 12.2 Å². The number of carboxylic acid groups (broad SMARTS) is 1. The molecule has 0 spiro atoms. The van der Waals surface area contributed by atoms with Gasteiger partial charge >= 0.3 is 5.97 Å². The quantitative estimate of drug-likeness (QED) is 0.379. The van der Waals surface area contributed by atoms with Crippen molar-refractivity contribution in [1.29, 1.82) is 0 Å². The molecule has 4 rings (SSSR count). The van der Waals surface area contributed by atoms with E-state index in [1.54, 1.807) is 11.8 Å². The molecular formula is C19H30ClN5O3S. The molecule has 0 saturated carbocycles. The van der Waals surface area contributed by atoms with Gasteiger partial charge in [0.2, 0.25) is 0 Å². The molecule has 8 nitrogen and oxygen atoms in total. The van der Waals surface area contributed by atoms with E-state index >= 15 is 0 Å². The summed E-state index contributed by atoms with van der Waals surface area (Å²) in [4.78, 5) is 36.8. The second-order valence-corrected chi connectivity index (χ2v) is 10.4. The molecule has 162 valence electrons. The Hall–Kier alpha value is -1.48. The maximum Gasteiger partial charge on any atom is 0.327 e.